The highest BCUT2D eigenvalue weighted by Gasteiger charge is 2.14. The Kier molecular flexibility index (Phi) is 3.93. The largest absolute Gasteiger partial charge is 0.506 e. The first-order valence-electron chi connectivity index (χ1n) is 8.06. The molecule has 0 saturated heterocycles. The van der Waals surface area contributed by atoms with Crippen LogP contribution in [0.3, 0.4) is 0 Å². The van der Waals surface area contributed by atoms with Crippen LogP contribution in [0.5, 0.6) is 5.75 Å². The number of fused-ring (bicyclic) bond motifs is 1. The van der Waals surface area contributed by atoms with Crippen molar-refractivity contribution in [1.82, 2.24) is 9.38 Å². The van der Waals surface area contributed by atoms with Gasteiger partial charge in [0.15, 0.2) is 5.82 Å². The van der Waals surface area contributed by atoms with Gasteiger partial charge < -0.3 is 5.11 Å². The van der Waals surface area contributed by atoms with Gasteiger partial charge in [-0.05, 0) is 61.0 Å². The highest BCUT2D eigenvalue weighted by molar-refractivity contribution is 5.74. The zero-order chi connectivity index (χ0) is 18.1. The second kappa shape index (κ2) is 6.40. The van der Waals surface area contributed by atoms with Crippen molar-refractivity contribution in [1.29, 1.82) is 0 Å². The minimum absolute atomic E-state index is 0.0523. The van der Waals surface area contributed by atoms with Crippen LogP contribution >= 0.6 is 0 Å². The second-order valence-electron chi connectivity index (χ2n) is 5.91. The lowest BCUT2D eigenvalue weighted by Gasteiger charge is -2.01. The number of hydrogen-bond donors (Lipinski definition) is 1. The van der Waals surface area contributed by atoms with Gasteiger partial charge in [0.05, 0.1) is 0 Å². The molecule has 0 bridgehead atoms. The number of aromatic hydroxyl groups is 1. The predicted octanol–water partition coefficient (Wildman–Crippen LogP) is 5.57. The van der Waals surface area contributed by atoms with E-state index in [0.717, 1.165) is 11.1 Å². The van der Waals surface area contributed by atoms with E-state index in [1.807, 2.05) is 31.3 Å². The van der Waals surface area contributed by atoms with E-state index in [1.54, 1.807) is 34.7 Å². The van der Waals surface area contributed by atoms with Crippen molar-refractivity contribution in [2.45, 2.75) is 6.92 Å². The Morgan fingerprint density at radius 1 is 1.00 bits per heavy atom. The number of aromatic nitrogens is 2. The minimum atomic E-state index is -0.314. The number of nitrogens with zero attached hydrogens (tertiary/aromatic N) is 4. The summed E-state index contributed by atoms with van der Waals surface area (Å²) in [7, 11) is 0. The van der Waals surface area contributed by atoms with Gasteiger partial charge in [-0.2, -0.15) is 0 Å². The van der Waals surface area contributed by atoms with E-state index in [-0.39, 0.29) is 11.6 Å². The molecule has 26 heavy (non-hydrogen) atoms. The summed E-state index contributed by atoms with van der Waals surface area (Å²) in [5.41, 5.74) is 3.37. The van der Waals surface area contributed by atoms with Crippen LogP contribution in [0, 0.1) is 12.7 Å². The zero-order valence-electron chi connectivity index (χ0n) is 14.0. The number of phenols is 1. The third-order valence-corrected chi connectivity index (χ3v) is 4.01. The van der Waals surface area contributed by atoms with Gasteiger partial charge >= 0.3 is 0 Å². The molecule has 0 spiro atoms. The van der Waals surface area contributed by atoms with Gasteiger partial charge in [-0.1, -0.05) is 12.1 Å². The van der Waals surface area contributed by atoms with Crippen molar-refractivity contribution in [2.24, 2.45) is 10.2 Å². The lowest BCUT2D eigenvalue weighted by molar-refractivity contribution is 0.476. The molecule has 128 valence electrons. The molecule has 0 saturated carbocycles. The molecule has 2 aromatic heterocycles. The molecule has 0 radical (unpaired) electrons. The van der Waals surface area contributed by atoms with Crippen LogP contribution in [-0.4, -0.2) is 14.5 Å². The van der Waals surface area contributed by atoms with E-state index in [9.17, 15) is 9.50 Å². The average molecular weight is 346 g/mol. The summed E-state index contributed by atoms with van der Waals surface area (Å²) in [6.45, 7) is 1.91. The van der Waals surface area contributed by atoms with Crippen molar-refractivity contribution in [3.05, 3.63) is 78.2 Å². The molecule has 0 unspecified atom stereocenters. The molecule has 0 fully saturated rings. The molecule has 0 aliphatic heterocycles. The number of imidazole rings is 1. The van der Waals surface area contributed by atoms with Gasteiger partial charge in [-0.3, -0.25) is 4.40 Å². The predicted molar refractivity (Wildman–Crippen MR) is 97.6 cm³/mol. The van der Waals surface area contributed by atoms with E-state index in [1.165, 1.54) is 12.1 Å². The summed E-state index contributed by atoms with van der Waals surface area (Å²) < 4.78 is 15.1. The number of azo groups is 1. The van der Waals surface area contributed by atoms with Gasteiger partial charge in [0.2, 0.25) is 0 Å². The number of halogens is 1. The Labute approximate surface area is 149 Å². The number of phenolic OH excluding ortho intramolecular Hbond substituents is 1. The molecule has 4 aromatic rings. The number of aryl methyl sites for hydroxylation is 1. The maximum Gasteiger partial charge on any atom is 0.187 e. The van der Waals surface area contributed by atoms with Crippen molar-refractivity contribution >= 4 is 17.2 Å². The number of benzene rings is 2. The molecule has 0 aliphatic rings. The van der Waals surface area contributed by atoms with Gasteiger partial charge in [0, 0.05) is 11.8 Å². The fraction of sp³-hybridized carbons (Fsp3) is 0.0500. The first kappa shape index (κ1) is 16.0. The first-order chi connectivity index (χ1) is 12.6. The summed E-state index contributed by atoms with van der Waals surface area (Å²) >= 11 is 0. The van der Waals surface area contributed by atoms with E-state index >= 15 is 0 Å². The van der Waals surface area contributed by atoms with Crippen LogP contribution in [0.25, 0.3) is 16.9 Å². The molecule has 2 aromatic carbocycles. The summed E-state index contributed by atoms with van der Waals surface area (Å²) in [6, 6.07) is 16.8. The third kappa shape index (κ3) is 2.93. The van der Waals surface area contributed by atoms with Gasteiger partial charge in [-0.25, -0.2) is 9.37 Å². The highest BCUT2D eigenvalue weighted by atomic mass is 19.1. The molecule has 6 heteroatoms. The lowest BCUT2D eigenvalue weighted by Crippen LogP contribution is -1.82. The van der Waals surface area contributed by atoms with Crippen LogP contribution in [0.1, 0.15) is 5.56 Å². The maximum absolute atomic E-state index is 13.3. The minimum Gasteiger partial charge on any atom is -0.506 e. The molecule has 0 amide bonds. The van der Waals surface area contributed by atoms with Crippen LogP contribution in [0.2, 0.25) is 0 Å². The molecule has 0 aliphatic carbocycles. The topological polar surface area (TPSA) is 62.2 Å². The number of hydrogen-bond acceptors (Lipinski definition) is 4. The standard InChI is InChI=1S/C20H15FN4O/c1-13-5-10-17(26)16(12-13)23-24-20-19(14-6-8-15(21)9-7-14)22-18-4-2-3-11-25(18)20/h2-12,26H,1H3. The Hall–Kier alpha value is -3.54. The molecule has 4 rings (SSSR count). The van der Waals surface area contributed by atoms with E-state index < -0.39 is 0 Å². The normalized spacial score (nSPS) is 11.5. The molecule has 1 N–H and O–H groups in total. The van der Waals surface area contributed by atoms with Crippen LogP contribution in [0.4, 0.5) is 15.9 Å². The Morgan fingerprint density at radius 3 is 2.62 bits per heavy atom. The van der Waals surface area contributed by atoms with E-state index in [4.69, 9.17) is 0 Å². The summed E-state index contributed by atoms with van der Waals surface area (Å²) in [6.07, 6.45) is 1.83. The monoisotopic (exact) mass is 346 g/mol. The average Bonchev–Trinajstić information content (AvgIpc) is 3.02. The zero-order valence-corrected chi connectivity index (χ0v) is 14.0. The van der Waals surface area contributed by atoms with Crippen molar-refractivity contribution in [2.75, 3.05) is 0 Å². The van der Waals surface area contributed by atoms with Gasteiger partial charge in [0.1, 0.15) is 28.6 Å². The van der Waals surface area contributed by atoms with E-state index in [2.05, 4.69) is 15.2 Å². The number of rotatable bonds is 3. The quantitative estimate of drug-likeness (QED) is 0.493. The fourth-order valence-electron chi connectivity index (χ4n) is 2.69. The summed E-state index contributed by atoms with van der Waals surface area (Å²) in [4.78, 5) is 4.59. The van der Waals surface area contributed by atoms with Gasteiger partial charge in [-0.15, -0.1) is 10.2 Å². The second-order valence-corrected chi connectivity index (χ2v) is 5.91. The summed E-state index contributed by atoms with van der Waals surface area (Å²) in [5.74, 6) is 0.245. The Morgan fingerprint density at radius 2 is 1.81 bits per heavy atom. The van der Waals surface area contributed by atoms with E-state index in [0.29, 0.717) is 22.8 Å². The summed E-state index contributed by atoms with van der Waals surface area (Å²) in [5, 5.41) is 18.5. The molecule has 2 heterocycles. The lowest BCUT2D eigenvalue weighted by atomic mass is 10.1. The molecule has 5 nitrogen and oxygen atoms in total. The molecular weight excluding hydrogens is 331 g/mol. The number of pyridine rings is 1. The van der Waals surface area contributed by atoms with Crippen molar-refractivity contribution in [3.8, 4) is 17.0 Å². The smallest absolute Gasteiger partial charge is 0.187 e. The van der Waals surface area contributed by atoms with Crippen LogP contribution in [0.15, 0.2) is 77.1 Å². The third-order valence-electron chi connectivity index (χ3n) is 4.01. The highest BCUT2D eigenvalue weighted by Crippen LogP contribution is 2.34. The molecule has 0 atom stereocenters. The molecular formula is C20H15FN4O. The SMILES string of the molecule is Cc1ccc(O)c(N=Nc2c(-c3ccc(F)cc3)nc3ccccn23)c1. The van der Waals surface area contributed by atoms with Crippen molar-refractivity contribution in [3.63, 3.8) is 0 Å². The van der Waals surface area contributed by atoms with Crippen molar-refractivity contribution < 1.29 is 9.50 Å². The van der Waals surface area contributed by atoms with Gasteiger partial charge in [0.25, 0.3) is 0 Å². The fourth-order valence-corrected chi connectivity index (χ4v) is 2.69. The van der Waals surface area contributed by atoms with Crippen LogP contribution in [-0.2, 0) is 0 Å². The Balaban J connectivity index is 1.87. The first-order valence-corrected chi connectivity index (χ1v) is 8.06. The Bertz CT molecular complexity index is 1120. The maximum atomic E-state index is 13.3. The van der Waals surface area contributed by atoms with Crippen LogP contribution < -0.4 is 0 Å².